The number of hydrogen-bond donors (Lipinski definition) is 1. The van der Waals surface area contributed by atoms with E-state index in [2.05, 4.69) is 5.32 Å². The highest BCUT2D eigenvalue weighted by molar-refractivity contribution is 5.61. The van der Waals surface area contributed by atoms with Gasteiger partial charge in [-0.05, 0) is 6.07 Å². The summed E-state index contributed by atoms with van der Waals surface area (Å²) in [6, 6.07) is 6.12. The maximum atomic E-state index is 10.7. The lowest BCUT2D eigenvalue weighted by Gasteiger charge is -2.26. The fourth-order valence-electron chi connectivity index (χ4n) is 2.11. The van der Waals surface area contributed by atoms with Gasteiger partial charge in [0, 0.05) is 38.8 Å². The molecule has 1 N–H and O–H groups in total. The van der Waals surface area contributed by atoms with Gasteiger partial charge in [0.25, 0.3) is 5.69 Å². The number of nitro benzene ring substituents is 1. The van der Waals surface area contributed by atoms with E-state index in [0.29, 0.717) is 25.4 Å². The minimum Gasteiger partial charge on any atom is -0.381 e. The van der Waals surface area contributed by atoms with Crippen LogP contribution in [0.4, 0.5) is 11.4 Å². The molecule has 1 aromatic carbocycles. The second-order valence-corrected chi connectivity index (χ2v) is 4.64. The first kappa shape index (κ1) is 14.2. The Balaban J connectivity index is 2.13. The summed E-state index contributed by atoms with van der Waals surface area (Å²) in [6.07, 6.45) is 0.769. The number of non-ortho nitro benzene ring substituents is 1. The highest BCUT2D eigenvalue weighted by atomic mass is 16.6. The zero-order valence-electron chi connectivity index (χ0n) is 11.1. The molecule has 106 valence electrons. The van der Waals surface area contributed by atoms with Gasteiger partial charge < -0.3 is 14.8 Å². The Morgan fingerprint density at radius 3 is 3.00 bits per heavy atom. The number of nitriles is 1. The molecule has 1 heterocycles. The molecule has 1 atom stereocenters. The van der Waals surface area contributed by atoms with Crippen LogP contribution in [0, 0.1) is 21.4 Å². The van der Waals surface area contributed by atoms with E-state index in [1.807, 2.05) is 6.07 Å². The van der Waals surface area contributed by atoms with Gasteiger partial charge in [-0.2, -0.15) is 5.26 Å². The van der Waals surface area contributed by atoms with Crippen LogP contribution in [0.5, 0.6) is 0 Å². The number of methoxy groups -OCH3 is 1. The molecule has 7 heteroatoms. The smallest absolute Gasteiger partial charge is 0.270 e. The van der Waals surface area contributed by atoms with Gasteiger partial charge in [0.1, 0.15) is 11.7 Å². The van der Waals surface area contributed by atoms with Gasteiger partial charge in [-0.3, -0.25) is 10.1 Å². The summed E-state index contributed by atoms with van der Waals surface area (Å²) in [5.74, 6) is 0. The molecule has 0 aromatic heterocycles. The zero-order valence-corrected chi connectivity index (χ0v) is 11.1. The van der Waals surface area contributed by atoms with Crippen molar-refractivity contribution in [3.63, 3.8) is 0 Å². The van der Waals surface area contributed by atoms with Gasteiger partial charge in [0.15, 0.2) is 0 Å². The summed E-state index contributed by atoms with van der Waals surface area (Å²) in [5, 5.41) is 22.9. The first-order valence-corrected chi connectivity index (χ1v) is 6.15. The standard InChI is InChI=1S/C13H15N3O4/c1-19-13(4-5-20-9-13)8-15-12-3-2-11(16(17)18)6-10(12)7-14/h2-3,6,15H,4-5,8-9H2,1H3. The van der Waals surface area contributed by atoms with Gasteiger partial charge in [-0.25, -0.2) is 0 Å². The number of hydrogen-bond acceptors (Lipinski definition) is 6. The molecule has 0 amide bonds. The summed E-state index contributed by atoms with van der Waals surface area (Å²) in [6.45, 7) is 1.61. The van der Waals surface area contributed by atoms with Crippen molar-refractivity contribution < 1.29 is 14.4 Å². The van der Waals surface area contributed by atoms with Crippen molar-refractivity contribution in [2.45, 2.75) is 12.0 Å². The van der Waals surface area contributed by atoms with E-state index < -0.39 is 10.5 Å². The summed E-state index contributed by atoms with van der Waals surface area (Å²) in [5.41, 5.74) is 0.289. The second-order valence-electron chi connectivity index (χ2n) is 4.64. The van der Waals surface area contributed by atoms with Crippen molar-refractivity contribution in [1.29, 1.82) is 5.26 Å². The molecular formula is C13H15N3O4. The van der Waals surface area contributed by atoms with Crippen LogP contribution < -0.4 is 5.32 Å². The zero-order chi connectivity index (χ0) is 14.6. The second kappa shape index (κ2) is 5.86. The van der Waals surface area contributed by atoms with Crippen LogP contribution >= 0.6 is 0 Å². The van der Waals surface area contributed by atoms with E-state index in [1.54, 1.807) is 7.11 Å². The summed E-state index contributed by atoms with van der Waals surface area (Å²) in [7, 11) is 1.62. The van der Waals surface area contributed by atoms with E-state index in [0.717, 1.165) is 6.42 Å². The maximum Gasteiger partial charge on any atom is 0.270 e. The van der Waals surface area contributed by atoms with Crippen LogP contribution in [0.1, 0.15) is 12.0 Å². The summed E-state index contributed by atoms with van der Waals surface area (Å²) in [4.78, 5) is 10.2. The first-order valence-electron chi connectivity index (χ1n) is 6.15. The normalized spacial score (nSPS) is 21.4. The minimum absolute atomic E-state index is 0.0993. The van der Waals surface area contributed by atoms with Crippen LogP contribution in [0.15, 0.2) is 18.2 Å². The van der Waals surface area contributed by atoms with E-state index in [9.17, 15) is 10.1 Å². The molecule has 2 rings (SSSR count). The summed E-state index contributed by atoms with van der Waals surface area (Å²) < 4.78 is 10.8. The van der Waals surface area contributed by atoms with Gasteiger partial charge in [0.2, 0.25) is 0 Å². The minimum atomic E-state index is -0.522. The lowest BCUT2D eigenvalue weighted by atomic mass is 10.0. The lowest BCUT2D eigenvalue weighted by molar-refractivity contribution is -0.384. The van der Waals surface area contributed by atoms with E-state index in [-0.39, 0.29) is 11.3 Å². The predicted octanol–water partition coefficient (Wildman–Crippen LogP) is 1.68. The number of nitrogens with zero attached hydrogens (tertiary/aromatic N) is 2. The molecule has 1 aliphatic rings. The lowest BCUT2D eigenvalue weighted by Crippen LogP contribution is -2.39. The molecule has 0 bridgehead atoms. The van der Waals surface area contributed by atoms with Crippen molar-refractivity contribution in [3.05, 3.63) is 33.9 Å². The molecule has 0 radical (unpaired) electrons. The maximum absolute atomic E-state index is 10.7. The topological polar surface area (TPSA) is 97.4 Å². The average molecular weight is 277 g/mol. The number of rotatable bonds is 5. The molecule has 1 unspecified atom stereocenters. The van der Waals surface area contributed by atoms with Crippen LogP contribution in [-0.4, -0.2) is 37.4 Å². The molecule has 1 aliphatic heterocycles. The molecule has 0 spiro atoms. The van der Waals surface area contributed by atoms with Gasteiger partial charge >= 0.3 is 0 Å². The molecule has 20 heavy (non-hydrogen) atoms. The van der Waals surface area contributed by atoms with E-state index in [4.69, 9.17) is 14.7 Å². The van der Waals surface area contributed by atoms with Crippen molar-refractivity contribution >= 4 is 11.4 Å². The number of nitro groups is 1. The van der Waals surface area contributed by atoms with Crippen LogP contribution in [0.2, 0.25) is 0 Å². The predicted molar refractivity (Wildman–Crippen MR) is 71.5 cm³/mol. The SMILES string of the molecule is COC1(CNc2ccc([N+](=O)[O-])cc2C#N)CCOC1. The van der Waals surface area contributed by atoms with E-state index >= 15 is 0 Å². The number of anilines is 1. The third-order valence-electron chi connectivity index (χ3n) is 3.44. The largest absolute Gasteiger partial charge is 0.381 e. The highest BCUT2D eigenvalue weighted by Gasteiger charge is 2.34. The third kappa shape index (κ3) is 2.87. The molecule has 7 nitrogen and oxygen atoms in total. The summed E-state index contributed by atoms with van der Waals surface area (Å²) >= 11 is 0. The Hall–Kier alpha value is -2.17. The van der Waals surface area contributed by atoms with Gasteiger partial charge in [-0.15, -0.1) is 0 Å². The molecule has 1 fully saturated rings. The van der Waals surface area contributed by atoms with Gasteiger partial charge in [0.05, 0.1) is 22.8 Å². The van der Waals surface area contributed by atoms with Crippen molar-refractivity contribution in [2.24, 2.45) is 0 Å². The first-order chi connectivity index (χ1) is 9.60. The Labute approximate surface area is 116 Å². The highest BCUT2D eigenvalue weighted by Crippen LogP contribution is 2.26. The number of ether oxygens (including phenoxy) is 2. The van der Waals surface area contributed by atoms with Gasteiger partial charge in [-0.1, -0.05) is 0 Å². The monoisotopic (exact) mass is 277 g/mol. The Bertz CT molecular complexity index is 547. The Kier molecular flexibility index (Phi) is 4.17. The van der Waals surface area contributed by atoms with Crippen LogP contribution in [0.25, 0.3) is 0 Å². The number of nitrogens with one attached hydrogen (secondary N) is 1. The number of benzene rings is 1. The van der Waals surface area contributed by atoms with Crippen LogP contribution in [-0.2, 0) is 9.47 Å². The Morgan fingerprint density at radius 1 is 1.65 bits per heavy atom. The van der Waals surface area contributed by atoms with E-state index in [1.165, 1.54) is 18.2 Å². The van der Waals surface area contributed by atoms with Crippen LogP contribution in [0.3, 0.4) is 0 Å². The Morgan fingerprint density at radius 2 is 2.45 bits per heavy atom. The third-order valence-corrected chi connectivity index (χ3v) is 3.44. The quantitative estimate of drug-likeness (QED) is 0.649. The molecule has 0 aliphatic carbocycles. The average Bonchev–Trinajstić information content (AvgIpc) is 2.94. The molecule has 0 saturated carbocycles. The fraction of sp³-hybridized carbons (Fsp3) is 0.462. The molecular weight excluding hydrogens is 262 g/mol. The molecule has 1 aromatic rings. The van der Waals surface area contributed by atoms with Crippen molar-refractivity contribution in [2.75, 3.05) is 32.2 Å². The van der Waals surface area contributed by atoms with Crippen molar-refractivity contribution in [1.82, 2.24) is 0 Å². The van der Waals surface area contributed by atoms with Crippen molar-refractivity contribution in [3.8, 4) is 6.07 Å². The molecule has 1 saturated heterocycles. The fourth-order valence-corrected chi connectivity index (χ4v) is 2.11.